The first-order valence-corrected chi connectivity index (χ1v) is 14.7. The molecule has 0 aromatic heterocycles. The Balaban J connectivity index is 1.11. The van der Waals surface area contributed by atoms with E-state index in [-0.39, 0.29) is 0 Å². The second-order valence-electron chi connectivity index (χ2n) is 10.0. The van der Waals surface area contributed by atoms with Crippen LogP contribution >= 0.6 is 0 Å². The molecule has 0 bridgehead atoms. The SMILES string of the molecule is CCNc1ccc(/N=N/c2ccc(/N=N/c3ccc(/N=N/c4ccc(NCC)c5ccccc45)cc3)cc2)c2ccccc12. The summed E-state index contributed by atoms with van der Waals surface area (Å²) in [4.78, 5) is 0. The van der Waals surface area contributed by atoms with Crippen molar-refractivity contribution in [3.63, 3.8) is 0 Å². The minimum absolute atomic E-state index is 0.723. The lowest BCUT2D eigenvalue weighted by Gasteiger charge is -2.09. The van der Waals surface area contributed by atoms with Crippen molar-refractivity contribution in [3.8, 4) is 0 Å². The summed E-state index contributed by atoms with van der Waals surface area (Å²) >= 11 is 0. The molecule has 0 spiro atoms. The highest BCUT2D eigenvalue weighted by Crippen LogP contribution is 2.34. The lowest BCUT2D eigenvalue weighted by molar-refractivity contribution is 1.20. The molecule has 0 radical (unpaired) electrons. The van der Waals surface area contributed by atoms with Crippen LogP contribution in [0.4, 0.5) is 45.5 Å². The number of hydrogen-bond acceptors (Lipinski definition) is 8. The predicted molar refractivity (Wildman–Crippen MR) is 182 cm³/mol. The average Bonchev–Trinajstić information content (AvgIpc) is 3.08. The van der Waals surface area contributed by atoms with Crippen LogP contribution in [-0.4, -0.2) is 13.1 Å². The Morgan fingerprint density at radius 3 is 1.02 bits per heavy atom. The summed E-state index contributed by atoms with van der Waals surface area (Å²) in [6, 6.07) is 39.5. The summed E-state index contributed by atoms with van der Waals surface area (Å²) in [5, 5.41) is 37.9. The molecule has 2 N–H and O–H groups in total. The van der Waals surface area contributed by atoms with E-state index in [4.69, 9.17) is 0 Å². The van der Waals surface area contributed by atoms with Gasteiger partial charge < -0.3 is 10.6 Å². The van der Waals surface area contributed by atoms with Crippen molar-refractivity contribution in [2.45, 2.75) is 13.8 Å². The fourth-order valence-corrected chi connectivity index (χ4v) is 4.94. The summed E-state index contributed by atoms with van der Waals surface area (Å²) < 4.78 is 0. The molecule has 0 aliphatic rings. The summed E-state index contributed by atoms with van der Waals surface area (Å²) in [7, 11) is 0. The second-order valence-corrected chi connectivity index (χ2v) is 10.0. The summed E-state index contributed by atoms with van der Waals surface area (Å²) in [6.45, 7) is 5.89. The zero-order valence-corrected chi connectivity index (χ0v) is 24.6. The van der Waals surface area contributed by atoms with Gasteiger partial charge in [0.25, 0.3) is 0 Å². The molecular weight excluding hydrogens is 544 g/mol. The Labute approximate surface area is 256 Å². The Bertz CT molecular complexity index is 1830. The van der Waals surface area contributed by atoms with Gasteiger partial charge in [-0.3, -0.25) is 0 Å². The van der Waals surface area contributed by atoms with Crippen molar-refractivity contribution in [2.75, 3.05) is 23.7 Å². The summed E-state index contributed by atoms with van der Waals surface area (Å²) in [6.07, 6.45) is 0. The van der Waals surface area contributed by atoms with E-state index < -0.39 is 0 Å². The van der Waals surface area contributed by atoms with Gasteiger partial charge in [-0.2, -0.15) is 20.5 Å². The van der Waals surface area contributed by atoms with Crippen LogP contribution in [0.5, 0.6) is 0 Å². The molecule has 8 nitrogen and oxygen atoms in total. The van der Waals surface area contributed by atoms with Gasteiger partial charge in [-0.05, 0) is 86.6 Å². The molecule has 0 atom stereocenters. The van der Waals surface area contributed by atoms with Gasteiger partial charge in [0.2, 0.25) is 0 Å². The van der Waals surface area contributed by atoms with Gasteiger partial charge >= 0.3 is 0 Å². The van der Waals surface area contributed by atoms with Crippen LogP contribution in [0, 0.1) is 0 Å². The number of fused-ring (bicyclic) bond motifs is 2. The molecule has 0 aliphatic heterocycles. The molecule has 6 aromatic carbocycles. The van der Waals surface area contributed by atoms with E-state index in [1.807, 2.05) is 97.1 Å². The highest BCUT2D eigenvalue weighted by atomic mass is 15.1. The number of hydrogen-bond donors (Lipinski definition) is 2. The molecule has 216 valence electrons. The van der Waals surface area contributed by atoms with Gasteiger partial charge in [0.15, 0.2) is 0 Å². The Morgan fingerprint density at radius 1 is 0.364 bits per heavy atom. The topological polar surface area (TPSA) is 98.2 Å². The van der Waals surface area contributed by atoms with Crippen LogP contribution in [0.3, 0.4) is 0 Å². The van der Waals surface area contributed by atoms with Gasteiger partial charge in [-0.1, -0.05) is 48.5 Å². The van der Waals surface area contributed by atoms with E-state index in [9.17, 15) is 0 Å². The molecular formula is C36H32N8. The van der Waals surface area contributed by atoms with E-state index in [1.54, 1.807) is 0 Å². The molecule has 0 saturated carbocycles. The fourth-order valence-electron chi connectivity index (χ4n) is 4.94. The van der Waals surface area contributed by atoms with Crippen molar-refractivity contribution in [2.24, 2.45) is 30.7 Å². The molecule has 6 aromatic rings. The maximum Gasteiger partial charge on any atom is 0.0936 e. The van der Waals surface area contributed by atoms with Crippen molar-refractivity contribution in [3.05, 3.63) is 121 Å². The van der Waals surface area contributed by atoms with E-state index in [2.05, 4.69) is 79.4 Å². The average molecular weight is 577 g/mol. The van der Waals surface area contributed by atoms with Crippen LogP contribution in [0.1, 0.15) is 13.8 Å². The molecule has 8 heteroatoms. The monoisotopic (exact) mass is 576 g/mol. The van der Waals surface area contributed by atoms with Crippen LogP contribution in [-0.2, 0) is 0 Å². The van der Waals surface area contributed by atoms with E-state index in [0.29, 0.717) is 0 Å². The van der Waals surface area contributed by atoms with E-state index in [1.165, 1.54) is 0 Å². The molecule has 0 amide bonds. The largest absolute Gasteiger partial charge is 0.385 e. The fraction of sp³-hybridized carbons (Fsp3) is 0.111. The quantitative estimate of drug-likeness (QED) is 0.159. The van der Waals surface area contributed by atoms with E-state index >= 15 is 0 Å². The lowest BCUT2D eigenvalue weighted by Crippen LogP contribution is -1.96. The minimum Gasteiger partial charge on any atom is -0.385 e. The smallest absolute Gasteiger partial charge is 0.0936 e. The third kappa shape index (κ3) is 6.50. The lowest BCUT2D eigenvalue weighted by atomic mass is 10.1. The van der Waals surface area contributed by atoms with Crippen molar-refractivity contribution in [1.29, 1.82) is 0 Å². The standard InChI is InChI=1S/C36H32N8/c1-3-37-33-21-23-35(31-11-7-5-9-29(31)33)43-41-27-17-13-25(14-18-27)39-40-26-15-19-28(20-16-26)42-44-36-24-22-34(38-4-2)30-10-6-8-12-32(30)36/h5-24,37-38H,3-4H2,1-2H3/b40-39+,43-41+,44-42+. The molecule has 0 heterocycles. The third-order valence-corrected chi connectivity index (χ3v) is 7.06. The van der Waals surface area contributed by atoms with Gasteiger partial charge in [0.1, 0.15) is 0 Å². The van der Waals surface area contributed by atoms with Crippen LogP contribution < -0.4 is 10.6 Å². The number of rotatable bonds is 10. The Morgan fingerprint density at radius 2 is 0.682 bits per heavy atom. The molecule has 44 heavy (non-hydrogen) atoms. The van der Waals surface area contributed by atoms with Crippen molar-refractivity contribution >= 4 is 67.0 Å². The third-order valence-electron chi connectivity index (χ3n) is 7.06. The number of nitrogens with one attached hydrogen (secondary N) is 2. The first-order chi connectivity index (χ1) is 21.7. The zero-order chi connectivity index (χ0) is 30.1. The van der Waals surface area contributed by atoms with Gasteiger partial charge in [-0.25, -0.2) is 0 Å². The number of benzene rings is 6. The van der Waals surface area contributed by atoms with Gasteiger partial charge in [0, 0.05) is 46.0 Å². The van der Waals surface area contributed by atoms with Gasteiger partial charge in [0.05, 0.1) is 34.1 Å². The number of nitrogens with zero attached hydrogens (tertiary/aromatic N) is 6. The van der Waals surface area contributed by atoms with Gasteiger partial charge in [-0.15, -0.1) is 10.2 Å². The maximum atomic E-state index is 4.52. The molecule has 0 fully saturated rings. The first kappa shape index (κ1) is 28.4. The summed E-state index contributed by atoms with van der Waals surface area (Å²) in [5.74, 6) is 0. The zero-order valence-electron chi connectivity index (χ0n) is 24.6. The highest BCUT2D eigenvalue weighted by molar-refractivity contribution is 6.01. The maximum absolute atomic E-state index is 4.52. The summed E-state index contributed by atoms with van der Waals surface area (Å²) in [5.41, 5.74) is 6.76. The number of anilines is 2. The van der Waals surface area contributed by atoms with Crippen molar-refractivity contribution < 1.29 is 0 Å². The molecule has 0 aliphatic carbocycles. The van der Waals surface area contributed by atoms with Crippen LogP contribution in [0.15, 0.2) is 152 Å². The molecule has 0 saturated heterocycles. The predicted octanol–water partition coefficient (Wildman–Crippen LogP) is 12.1. The number of azo groups is 3. The molecule has 6 rings (SSSR count). The molecule has 0 unspecified atom stereocenters. The van der Waals surface area contributed by atoms with Crippen LogP contribution in [0.25, 0.3) is 21.5 Å². The Kier molecular flexibility index (Phi) is 8.69. The van der Waals surface area contributed by atoms with Crippen molar-refractivity contribution in [1.82, 2.24) is 0 Å². The van der Waals surface area contributed by atoms with Crippen LogP contribution in [0.2, 0.25) is 0 Å². The normalized spacial score (nSPS) is 11.8. The van der Waals surface area contributed by atoms with E-state index in [0.717, 1.165) is 80.1 Å². The first-order valence-electron chi connectivity index (χ1n) is 14.7. The Hall–Kier alpha value is -5.76. The minimum atomic E-state index is 0.723. The highest BCUT2D eigenvalue weighted by Gasteiger charge is 2.06. The second kappa shape index (κ2) is 13.5.